The van der Waals surface area contributed by atoms with Crippen LogP contribution in [0.2, 0.25) is 0 Å². The Morgan fingerprint density at radius 3 is 2.54 bits per heavy atom. The maximum atomic E-state index is 12.4. The van der Waals surface area contributed by atoms with Gasteiger partial charge in [0.1, 0.15) is 5.82 Å². The summed E-state index contributed by atoms with van der Waals surface area (Å²) in [5.41, 5.74) is 2.88. The van der Waals surface area contributed by atoms with Crippen molar-refractivity contribution in [3.63, 3.8) is 0 Å². The van der Waals surface area contributed by atoms with Crippen LogP contribution in [0.3, 0.4) is 0 Å². The average Bonchev–Trinajstić information content (AvgIpc) is 2.71. The van der Waals surface area contributed by atoms with Crippen molar-refractivity contribution < 1.29 is 4.79 Å². The topological polar surface area (TPSA) is 49.3 Å². The van der Waals surface area contributed by atoms with Crippen molar-refractivity contribution in [3.05, 3.63) is 47.2 Å². The van der Waals surface area contributed by atoms with Crippen molar-refractivity contribution in [1.29, 1.82) is 0 Å². The number of hydrogen-bond acceptors (Lipinski definition) is 5. The van der Waals surface area contributed by atoms with Gasteiger partial charge < -0.3 is 9.80 Å². The summed E-state index contributed by atoms with van der Waals surface area (Å²) in [5.74, 6) is 2.10. The molecule has 0 aliphatic rings. The van der Waals surface area contributed by atoms with E-state index in [1.807, 2.05) is 38.2 Å². The highest BCUT2D eigenvalue weighted by Crippen LogP contribution is 2.25. The van der Waals surface area contributed by atoms with E-state index < -0.39 is 0 Å². The first-order valence-corrected chi connectivity index (χ1v) is 10.9. The van der Waals surface area contributed by atoms with E-state index in [1.54, 1.807) is 16.7 Å². The molecule has 6 heteroatoms. The van der Waals surface area contributed by atoms with E-state index in [0.29, 0.717) is 12.5 Å². The first kappa shape index (κ1) is 22.2. The molecule has 0 aliphatic carbocycles. The number of thioether (sulfide) groups is 1. The van der Waals surface area contributed by atoms with Crippen LogP contribution < -0.4 is 4.90 Å². The van der Waals surface area contributed by atoms with Gasteiger partial charge in [0.15, 0.2) is 5.16 Å². The Labute approximate surface area is 173 Å². The molecule has 0 saturated carbocycles. The van der Waals surface area contributed by atoms with Gasteiger partial charge in [0.05, 0.1) is 0 Å². The standard InChI is InChI=1S/C22H32N4OS/c1-7-12-26(6)20-14-19(16(3)4)23-22(24-20)28-15-17-10-9-11-18(13-17)21(27)25(5)8-2/h9-11,13-14,16H,7-8,12,15H2,1-6H3. The van der Waals surface area contributed by atoms with Crippen LogP contribution in [0.5, 0.6) is 0 Å². The van der Waals surface area contributed by atoms with Gasteiger partial charge in [0.25, 0.3) is 5.91 Å². The number of aromatic nitrogens is 2. The molecular weight excluding hydrogens is 368 g/mol. The highest BCUT2D eigenvalue weighted by atomic mass is 32.2. The third-order valence-electron chi connectivity index (χ3n) is 4.62. The third kappa shape index (κ3) is 5.96. The molecular formula is C22H32N4OS. The number of carbonyl (C=O) groups excluding carboxylic acids is 1. The van der Waals surface area contributed by atoms with Crippen LogP contribution in [0.4, 0.5) is 5.82 Å². The Kier molecular flexibility index (Phi) is 8.30. The fourth-order valence-electron chi connectivity index (χ4n) is 2.74. The lowest BCUT2D eigenvalue weighted by Gasteiger charge is -2.19. The number of hydrogen-bond donors (Lipinski definition) is 0. The molecule has 2 aromatic rings. The molecule has 0 atom stereocenters. The number of amides is 1. The highest BCUT2D eigenvalue weighted by Gasteiger charge is 2.13. The Morgan fingerprint density at radius 2 is 1.89 bits per heavy atom. The molecule has 28 heavy (non-hydrogen) atoms. The second kappa shape index (κ2) is 10.5. The summed E-state index contributed by atoms with van der Waals surface area (Å²) in [6.45, 7) is 10.1. The lowest BCUT2D eigenvalue weighted by Crippen LogP contribution is -2.26. The molecule has 0 aliphatic heterocycles. The van der Waals surface area contributed by atoms with Gasteiger partial charge >= 0.3 is 0 Å². The minimum Gasteiger partial charge on any atom is -0.360 e. The number of rotatable bonds is 9. The zero-order chi connectivity index (χ0) is 20.7. The summed E-state index contributed by atoms with van der Waals surface area (Å²) in [6.07, 6.45) is 1.08. The average molecular weight is 401 g/mol. The minimum atomic E-state index is 0.0517. The molecule has 0 unspecified atom stereocenters. The summed E-state index contributed by atoms with van der Waals surface area (Å²) in [6, 6.07) is 9.92. The van der Waals surface area contributed by atoms with E-state index in [9.17, 15) is 4.79 Å². The first-order chi connectivity index (χ1) is 13.3. The van der Waals surface area contributed by atoms with Crippen LogP contribution in [0.15, 0.2) is 35.5 Å². The molecule has 152 valence electrons. The molecule has 2 rings (SSSR count). The quantitative estimate of drug-likeness (QED) is 0.446. The molecule has 1 aromatic carbocycles. The van der Waals surface area contributed by atoms with Crippen LogP contribution in [-0.2, 0) is 5.75 Å². The zero-order valence-corrected chi connectivity index (χ0v) is 18.7. The monoisotopic (exact) mass is 400 g/mol. The maximum absolute atomic E-state index is 12.4. The number of anilines is 1. The SMILES string of the molecule is CCCN(C)c1cc(C(C)C)nc(SCc2cccc(C(=O)N(C)CC)c2)n1. The van der Waals surface area contributed by atoms with Crippen molar-refractivity contribution in [2.45, 2.75) is 50.9 Å². The second-order valence-corrected chi connectivity index (χ2v) is 8.26. The Balaban J connectivity index is 2.18. The van der Waals surface area contributed by atoms with Gasteiger partial charge in [-0.3, -0.25) is 4.79 Å². The molecule has 5 nitrogen and oxygen atoms in total. The molecule has 0 N–H and O–H groups in total. The number of benzene rings is 1. The van der Waals surface area contributed by atoms with Crippen LogP contribution in [-0.4, -0.2) is 48.0 Å². The predicted molar refractivity (Wildman–Crippen MR) is 118 cm³/mol. The first-order valence-electron chi connectivity index (χ1n) is 9.93. The normalized spacial score (nSPS) is 11.0. The van der Waals surface area contributed by atoms with Crippen LogP contribution in [0.1, 0.15) is 61.6 Å². The lowest BCUT2D eigenvalue weighted by molar-refractivity contribution is 0.0802. The van der Waals surface area contributed by atoms with Gasteiger partial charge in [-0.25, -0.2) is 9.97 Å². The molecule has 0 bridgehead atoms. The largest absolute Gasteiger partial charge is 0.360 e. The molecule has 0 fully saturated rings. The maximum Gasteiger partial charge on any atom is 0.253 e. The lowest BCUT2D eigenvalue weighted by atomic mass is 10.1. The molecule has 1 heterocycles. The second-order valence-electron chi connectivity index (χ2n) is 7.32. The Hall–Kier alpha value is -2.08. The fraction of sp³-hybridized carbons (Fsp3) is 0.500. The smallest absolute Gasteiger partial charge is 0.253 e. The Morgan fingerprint density at radius 1 is 1.14 bits per heavy atom. The summed E-state index contributed by atoms with van der Waals surface area (Å²) >= 11 is 1.62. The summed E-state index contributed by atoms with van der Waals surface area (Å²) in [4.78, 5) is 25.8. The van der Waals surface area contributed by atoms with E-state index in [0.717, 1.165) is 46.5 Å². The van der Waals surface area contributed by atoms with Crippen molar-refractivity contribution >= 4 is 23.5 Å². The van der Waals surface area contributed by atoms with Crippen molar-refractivity contribution in [2.24, 2.45) is 0 Å². The zero-order valence-electron chi connectivity index (χ0n) is 17.9. The predicted octanol–water partition coefficient (Wildman–Crippen LogP) is 4.83. The summed E-state index contributed by atoms with van der Waals surface area (Å²) in [5, 5.41) is 0.784. The third-order valence-corrected chi connectivity index (χ3v) is 5.53. The van der Waals surface area contributed by atoms with E-state index >= 15 is 0 Å². The van der Waals surface area contributed by atoms with E-state index in [1.165, 1.54) is 0 Å². The van der Waals surface area contributed by atoms with Crippen LogP contribution in [0.25, 0.3) is 0 Å². The summed E-state index contributed by atoms with van der Waals surface area (Å²) < 4.78 is 0. The van der Waals surface area contributed by atoms with Crippen LogP contribution in [0, 0.1) is 0 Å². The minimum absolute atomic E-state index is 0.0517. The molecule has 0 radical (unpaired) electrons. The fourth-order valence-corrected chi connectivity index (χ4v) is 3.55. The van der Waals surface area contributed by atoms with Gasteiger partial charge in [-0.1, -0.05) is 44.7 Å². The number of nitrogens with zero attached hydrogens (tertiary/aromatic N) is 4. The summed E-state index contributed by atoms with van der Waals surface area (Å²) in [7, 11) is 3.90. The van der Waals surface area contributed by atoms with Gasteiger partial charge in [-0.15, -0.1) is 0 Å². The van der Waals surface area contributed by atoms with Gasteiger partial charge in [-0.05, 0) is 37.0 Å². The van der Waals surface area contributed by atoms with Gasteiger partial charge in [0.2, 0.25) is 0 Å². The molecule has 0 spiro atoms. The van der Waals surface area contributed by atoms with E-state index in [2.05, 4.69) is 38.8 Å². The Bertz CT molecular complexity index is 794. The molecule has 1 aromatic heterocycles. The van der Waals surface area contributed by atoms with Crippen molar-refractivity contribution in [3.8, 4) is 0 Å². The molecule has 1 amide bonds. The van der Waals surface area contributed by atoms with E-state index in [4.69, 9.17) is 9.97 Å². The van der Waals surface area contributed by atoms with Crippen molar-refractivity contribution in [2.75, 3.05) is 32.1 Å². The number of carbonyl (C=O) groups is 1. The highest BCUT2D eigenvalue weighted by molar-refractivity contribution is 7.98. The van der Waals surface area contributed by atoms with Crippen molar-refractivity contribution in [1.82, 2.24) is 14.9 Å². The van der Waals surface area contributed by atoms with Gasteiger partial charge in [-0.2, -0.15) is 0 Å². The van der Waals surface area contributed by atoms with E-state index in [-0.39, 0.29) is 5.91 Å². The van der Waals surface area contributed by atoms with Gasteiger partial charge in [0, 0.05) is 50.3 Å². The van der Waals surface area contributed by atoms with Crippen LogP contribution >= 0.6 is 11.8 Å². The molecule has 0 saturated heterocycles.